The zero-order valence-corrected chi connectivity index (χ0v) is 14.9. The van der Waals surface area contributed by atoms with E-state index in [9.17, 15) is 9.59 Å². The Morgan fingerprint density at radius 1 is 1.31 bits per heavy atom. The van der Waals surface area contributed by atoms with Crippen molar-refractivity contribution in [1.82, 2.24) is 24.3 Å². The highest BCUT2D eigenvalue weighted by atomic mass is 16.2. The van der Waals surface area contributed by atoms with Crippen molar-refractivity contribution in [3.8, 4) is 0 Å². The van der Waals surface area contributed by atoms with E-state index in [4.69, 9.17) is 0 Å². The molecule has 2 aromatic heterocycles. The zero-order chi connectivity index (χ0) is 17.9. The minimum absolute atomic E-state index is 0.0667. The van der Waals surface area contributed by atoms with Gasteiger partial charge in [0.05, 0.1) is 6.33 Å². The van der Waals surface area contributed by atoms with Crippen LogP contribution < -0.4 is 0 Å². The number of H-pyrrole nitrogens is 1. The van der Waals surface area contributed by atoms with Gasteiger partial charge in [0.25, 0.3) is 5.91 Å². The van der Waals surface area contributed by atoms with Gasteiger partial charge in [0, 0.05) is 57.2 Å². The van der Waals surface area contributed by atoms with Crippen molar-refractivity contribution in [2.75, 3.05) is 19.6 Å². The second-order valence-electron chi connectivity index (χ2n) is 7.23. The van der Waals surface area contributed by atoms with E-state index < -0.39 is 0 Å². The highest BCUT2D eigenvalue weighted by Gasteiger charge is 2.40. The molecule has 2 aromatic rings. The Labute approximate surface area is 153 Å². The van der Waals surface area contributed by atoms with Gasteiger partial charge in [-0.05, 0) is 37.3 Å². The first kappa shape index (κ1) is 16.9. The number of piperidine rings is 2. The molecule has 2 amide bonds. The van der Waals surface area contributed by atoms with Crippen molar-refractivity contribution in [3.63, 3.8) is 0 Å². The number of imidazole rings is 1. The average molecular weight is 355 g/mol. The van der Waals surface area contributed by atoms with Crippen molar-refractivity contribution in [3.05, 3.63) is 42.7 Å². The van der Waals surface area contributed by atoms with Crippen molar-refractivity contribution < 1.29 is 9.59 Å². The number of carbonyl (C=O) groups excluding carboxylic acids is 2. The maximum Gasteiger partial charge on any atom is 0.270 e. The molecule has 26 heavy (non-hydrogen) atoms. The molecule has 2 fully saturated rings. The first-order valence-electron chi connectivity index (χ1n) is 9.40. The molecule has 0 aromatic carbocycles. The summed E-state index contributed by atoms with van der Waals surface area (Å²) in [5, 5.41) is 0. The third-order valence-electron chi connectivity index (χ3n) is 5.63. The molecule has 0 aliphatic carbocycles. The molecule has 2 saturated heterocycles. The second-order valence-corrected chi connectivity index (χ2v) is 7.23. The minimum Gasteiger partial charge on any atom is -0.357 e. The highest BCUT2D eigenvalue weighted by Crippen LogP contribution is 2.32. The summed E-state index contributed by atoms with van der Waals surface area (Å²) in [6, 6.07) is 3.94. The summed E-state index contributed by atoms with van der Waals surface area (Å²) >= 11 is 0. The van der Waals surface area contributed by atoms with Crippen molar-refractivity contribution in [1.29, 1.82) is 0 Å². The molecule has 4 rings (SSSR count). The molecule has 0 unspecified atom stereocenters. The molecule has 0 bridgehead atoms. The van der Waals surface area contributed by atoms with Crippen LogP contribution in [0.15, 0.2) is 37.1 Å². The van der Waals surface area contributed by atoms with E-state index in [2.05, 4.69) is 14.9 Å². The summed E-state index contributed by atoms with van der Waals surface area (Å²) in [6.45, 7) is 3.11. The number of hydrogen-bond acceptors (Lipinski definition) is 3. The Balaban J connectivity index is 1.36. The fourth-order valence-corrected chi connectivity index (χ4v) is 4.30. The normalized spacial score (nSPS) is 23.2. The SMILES string of the molecule is O=C(c1ccc[nH]1)N1CC[C@@H]2[C@@H](CCC(=O)N2CCCn2ccnc2)C1. The Bertz CT molecular complexity index is 740. The number of hydrogen-bond donors (Lipinski definition) is 1. The topological polar surface area (TPSA) is 74.2 Å². The number of likely N-dealkylation sites (tertiary alicyclic amines) is 2. The lowest BCUT2D eigenvalue weighted by Gasteiger charge is -2.47. The number of carbonyl (C=O) groups is 2. The van der Waals surface area contributed by atoms with E-state index in [0.29, 0.717) is 24.6 Å². The molecule has 7 heteroatoms. The summed E-state index contributed by atoms with van der Waals surface area (Å²) < 4.78 is 2.05. The van der Waals surface area contributed by atoms with Crippen molar-refractivity contribution >= 4 is 11.8 Å². The van der Waals surface area contributed by atoms with Gasteiger partial charge in [0.2, 0.25) is 5.91 Å². The number of nitrogens with one attached hydrogen (secondary N) is 1. The van der Waals surface area contributed by atoms with Gasteiger partial charge in [-0.25, -0.2) is 4.98 Å². The van der Waals surface area contributed by atoms with Crippen LogP contribution in [0.25, 0.3) is 0 Å². The van der Waals surface area contributed by atoms with Crippen molar-refractivity contribution in [2.24, 2.45) is 5.92 Å². The highest BCUT2D eigenvalue weighted by molar-refractivity contribution is 5.92. The molecular weight excluding hydrogens is 330 g/mol. The summed E-state index contributed by atoms with van der Waals surface area (Å²) in [4.78, 5) is 36.1. The number of aromatic nitrogens is 3. The average Bonchev–Trinajstić information content (AvgIpc) is 3.36. The smallest absolute Gasteiger partial charge is 0.270 e. The molecule has 0 saturated carbocycles. The van der Waals surface area contributed by atoms with Gasteiger partial charge in [-0.15, -0.1) is 0 Å². The lowest BCUT2D eigenvalue weighted by Crippen LogP contribution is -2.57. The Kier molecular flexibility index (Phi) is 4.77. The van der Waals surface area contributed by atoms with Crippen LogP contribution >= 0.6 is 0 Å². The fourth-order valence-electron chi connectivity index (χ4n) is 4.30. The molecule has 2 atom stereocenters. The summed E-state index contributed by atoms with van der Waals surface area (Å²) in [5.41, 5.74) is 0.646. The molecule has 2 aliphatic heterocycles. The maximum absolute atomic E-state index is 12.6. The van der Waals surface area contributed by atoms with Gasteiger partial charge in [-0.1, -0.05) is 0 Å². The van der Waals surface area contributed by atoms with Gasteiger partial charge in [0.15, 0.2) is 0 Å². The van der Waals surface area contributed by atoms with Crippen LogP contribution in [0.3, 0.4) is 0 Å². The van der Waals surface area contributed by atoms with E-state index in [1.165, 1.54) is 0 Å². The first-order chi connectivity index (χ1) is 12.7. The van der Waals surface area contributed by atoms with E-state index in [1.54, 1.807) is 12.4 Å². The number of amides is 2. The lowest BCUT2D eigenvalue weighted by molar-refractivity contribution is -0.140. The van der Waals surface area contributed by atoms with Gasteiger partial charge in [0.1, 0.15) is 5.69 Å². The van der Waals surface area contributed by atoms with Gasteiger partial charge in [-0.3, -0.25) is 9.59 Å². The number of rotatable bonds is 5. The van der Waals surface area contributed by atoms with Gasteiger partial charge >= 0.3 is 0 Å². The second kappa shape index (κ2) is 7.35. The van der Waals surface area contributed by atoms with Gasteiger partial charge in [-0.2, -0.15) is 0 Å². The van der Waals surface area contributed by atoms with Crippen LogP contribution in [-0.4, -0.2) is 61.8 Å². The molecule has 1 N–H and O–H groups in total. The minimum atomic E-state index is 0.0667. The summed E-state index contributed by atoms with van der Waals surface area (Å²) in [5.74, 6) is 0.714. The largest absolute Gasteiger partial charge is 0.357 e. The molecular formula is C19H25N5O2. The Morgan fingerprint density at radius 2 is 2.23 bits per heavy atom. The molecule has 0 radical (unpaired) electrons. The summed E-state index contributed by atoms with van der Waals surface area (Å²) in [7, 11) is 0. The third kappa shape index (κ3) is 3.38. The van der Waals surface area contributed by atoms with Crippen LogP contribution in [0.4, 0.5) is 0 Å². The maximum atomic E-state index is 12.6. The quantitative estimate of drug-likeness (QED) is 0.888. The molecule has 7 nitrogen and oxygen atoms in total. The Morgan fingerprint density at radius 3 is 3.00 bits per heavy atom. The number of fused-ring (bicyclic) bond motifs is 1. The first-order valence-corrected chi connectivity index (χ1v) is 9.40. The number of aryl methyl sites for hydroxylation is 1. The predicted molar refractivity (Wildman–Crippen MR) is 96.4 cm³/mol. The van der Waals surface area contributed by atoms with E-state index in [-0.39, 0.29) is 17.9 Å². The fraction of sp³-hybridized carbons (Fsp3) is 0.526. The van der Waals surface area contributed by atoms with Crippen molar-refractivity contribution in [2.45, 2.75) is 38.3 Å². The standard InChI is InChI=1S/C19H25N5O2/c25-18-5-4-15-13-23(19(26)16-3-1-7-21-16)11-6-17(15)24(18)10-2-9-22-12-8-20-14-22/h1,3,7-8,12,14-15,17,21H,2,4-6,9-11,13H2/t15-,17+/m0/s1. The monoisotopic (exact) mass is 355 g/mol. The van der Waals surface area contributed by atoms with Crippen LogP contribution in [0.5, 0.6) is 0 Å². The van der Waals surface area contributed by atoms with E-state index >= 15 is 0 Å². The molecule has 4 heterocycles. The third-order valence-corrected chi connectivity index (χ3v) is 5.63. The molecule has 2 aliphatic rings. The number of aromatic amines is 1. The van der Waals surface area contributed by atoms with Crippen LogP contribution in [0.1, 0.15) is 36.2 Å². The summed E-state index contributed by atoms with van der Waals surface area (Å²) in [6.07, 6.45) is 10.6. The predicted octanol–water partition coefficient (Wildman–Crippen LogP) is 1.75. The lowest BCUT2D eigenvalue weighted by atomic mass is 9.83. The number of nitrogens with zero attached hydrogens (tertiary/aromatic N) is 4. The zero-order valence-electron chi connectivity index (χ0n) is 14.9. The van der Waals surface area contributed by atoms with Crippen LogP contribution in [0.2, 0.25) is 0 Å². The van der Waals surface area contributed by atoms with Crippen LogP contribution in [-0.2, 0) is 11.3 Å². The Hall–Kier alpha value is -2.57. The van der Waals surface area contributed by atoms with E-state index in [1.807, 2.05) is 34.1 Å². The van der Waals surface area contributed by atoms with E-state index in [0.717, 1.165) is 38.9 Å². The van der Waals surface area contributed by atoms with Crippen LogP contribution in [0, 0.1) is 5.92 Å². The molecule has 0 spiro atoms. The van der Waals surface area contributed by atoms with Gasteiger partial charge < -0.3 is 19.4 Å². The molecule has 138 valence electrons.